The fraction of sp³-hybridized carbons (Fsp3) is 0. The molecule has 0 saturated carbocycles. The second-order valence-electron chi connectivity index (χ2n) is 1.66. The van der Waals surface area contributed by atoms with E-state index < -0.39 is 0 Å². The van der Waals surface area contributed by atoms with E-state index in [1.165, 1.54) is 6.33 Å². The van der Waals surface area contributed by atoms with Crippen molar-refractivity contribution in [2.45, 2.75) is 0 Å². The minimum atomic E-state index is 0.782. The smallest absolute Gasteiger partial charge is 0.169 e. The van der Waals surface area contributed by atoms with Gasteiger partial charge in [0.25, 0.3) is 0 Å². The number of nitrogens with zero attached hydrogens (tertiary/aromatic N) is 2. The summed E-state index contributed by atoms with van der Waals surface area (Å²) < 4.78 is 0. The zero-order chi connectivity index (χ0) is 6.10. The molecule has 0 amide bonds. The number of hydrazine groups is 2. The lowest BCUT2D eigenvalue weighted by Gasteiger charge is -1.89. The van der Waals surface area contributed by atoms with Crippen molar-refractivity contribution >= 4 is 11.5 Å². The topological polar surface area (TPSA) is 61.9 Å². The van der Waals surface area contributed by atoms with Crippen LogP contribution in [0.5, 0.6) is 0 Å². The van der Waals surface area contributed by atoms with Gasteiger partial charge in [-0.25, -0.2) is 9.97 Å². The quantitative estimate of drug-likeness (QED) is 0.443. The highest BCUT2D eigenvalue weighted by molar-refractivity contribution is 5.65. The molecule has 0 saturated heterocycles. The molecular weight excluding hydrogens is 118 g/mol. The molecule has 46 valence electrons. The molecule has 0 fully saturated rings. The summed E-state index contributed by atoms with van der Waals surface area (Å²) in [6.45, 7) is 0. The van der Waals surface area contributed by atoms with Gasteiger partial charge in [-0.15, -0.1) is 5.53 Å². The van der Waals surface area contributed by atoms with Crippen molar-refractivity contribution in [3.63, 3.8) is 0 Å². The van der Waals surface area contributed by atoms with Gasteiger partial charge in [0, 0.05) is 0 Å². The molecule has 1 aliphatic rings. The van der Waals surface area contributed by atoms with E-state index in [4.69, 9.17) is 0 Å². The highest BCUT2D eigenvalue weighted by Crippen LogP contribution is 2.17. The van der Waals surface area contributed by atoms with Crippen molar-refractivity contribution in [3.8, 4) is 0 Å². The van der Waals surface area contributed by atoms with Gasteiger partial charge in [0.2, 0.25) is 0 Å². The number of anilines is 2. The minimum Gasteiger partial charge on any atom is -0.299 e. The van der Waals surface area contributed by atoms with Crippen LogP contribution in [-0.4, -0.2) is 9.97 Å². The SMILES string of the molecule is c1ncc2c(n1)NNN2. The predicted molar refractivity (Wildman–Crippen MR) is 32.4 cm³/mol. The van der Waals surface area contributed by atoms with Gasteiger partial charge in [-0.1, -0.05) is 0 Å². The average Bonchev–Trinajstić information content (AvgIpc) is 2.33. The number of aromatic nitrogens is 2. The summed E-state index contributed by atoms with van der Waals surface area (Å²) in [5.74, 6) is 0.782. The molecule has 0 aromatic carbocycles. The van der Waals surface area contributed by atoms with Crippen LogP contribution in [0.1, 0.15) is 0 Å². The maximum Gasteiger partial charge on any atom is 0.169 e. The Morgan fingerprint density at radius 1 is 1.33 bits per heavy atom. The van der Waals surface area contributed by atoms with Crippen molar-refractivity contribution in [1.29, 1.82) is 0 Å². The molecule has 0 unspecified atom stereocenters. The summed E-state index contributed by atoms with van der Waals surface area (Å²) in [6, 6.07) is 0. The maximum atomic E-state index is 3.91. The third-order valence-corrected chi connectivity index (χ3v) is 1.09. The van der Waals surface area contributed by atoms with Crippen molar-refractivity contribution in [2.24, 2.45) is 0 Å². The van der Waals surface area contributed by atoms with E-state index in [0.29, 0.717) is 0 Å². The Balaban J connectivity index is 2.54. The van der Waals surface area contributed by atoms with Crippen LogP contribution in [0.3, 0.4) is 0 Å². The molecule has 0 radical (unpaired) electrons. The molecule has 0 spiro atoms. The van der Waals surface area contributed by atoms with Gasteiger partial charge in [0.15, 0.2) is 5.82 Å². The number of fused-ring (bicyclic) bond motifs is 1. The molecule has 2 rings (SSSR count). The van der Waals surface area contributed by atoms with Gasteiger partial charge in [-0.2, -0.15) is 0 Å². The molecule has 9 heavy (non-hydrogen) atoms. The Morgan fingerprint density at radius 3 is 3.22 bits per heavy atom. The maximum absolute atomic E-state index is 3.91. The van der Waals surface area contributed by atoms with E-state index in [0.717, 1.165) is 11.5 Å². The normalized spacial score (nSPS) is 13.8. The summed E-state index contributed by atoms with van der Waals surface area (Å²) >= 11 is 0. The zero-order valence-electron chi connectivity index (χ0n) is 4.55. The monoisotopic (exact) mass is 123 g/mol. The van der Waals surface area contributed by atoms with Gasteiger partial charge in [-0.05, 0) is 0 Å². The predicted octanol–water partition coefficient (Wildman–Crippen LogP) is -0.266. The lowest BCUT2D eigenvalue weighted by atomic mass is 10.5. The molecule has 1 aliphatic heterocycles. The summed E-state index contributed by atoms with van der Waals surface area (Å²) in [5, 5.41) is 0. The molecule has 5 heteroatoms. The summed E-state index contributed by atoms with van der Waals surface area (Å²) in [5.41, 5.74) is 9.16. The van der Waals surface area contributed by atoms with E-state index in [9.17, 15) is 0 Å². The van der Waals surface area contributed by atoms with E-state index >= 15 is 0 Å². The molecule has 2 heterocycles. The summed E-state index contributed by atoms with van der Waals surface area (Å²) in [7, 11) is 0. The molecular formula is C4H5N5. The van der Waals surface area contributed by atoms with Gasteiger partial charge in [-0.3, -0.25) is 10.9 Å². The first-order chi connectivity index (χ1) is 4.47. The van der Waals surface area contributed by atoms with Crippen LogP contribution in [0.2, 0.25) is 0 Å². The summed E-state index contributed by atoms with van der Waals surface area (Å²) in [4.78, 5) is 7.71. The number of hydrogen-bond donors (Lipinski definition) is 3. The molecule has 0 aliphatic carbocycles. The van der Waals surface area contributed by atoms with Crippen molar-refractivity contribution in [2.75, 3.05) is 10.9 Å². The van der Waals surface area contributed by atoms with Crippen LogP contribution < -0.4 is 16.4 Å². The Labute approximate surface area is 51.5 Å². The van der Waals surface area contributed by atoms with Crippen LogP contribution in [-0.2, 0) is 0 Å². The standard InChI is InChI=1S/C4H5N5/c1-3-4(6-2-5-1)8-9-7-3/h1-2,7,9H,(H,5,6,8). The Morgan fingerprint density at radius 2 is 2.33 bits per heavy atom. The number of nitrogens with one attached hydrogen (secondary N) is 3. The van der Waals surface area contributed by atoms with Crippen molar-refractivity contribution in [1.82, 2.24) is 15.5 Å². The first kappa shape index (κ1) is 4.51. The Hall–Kier alpha value is -1.36. The Kier molecular flexibility index (Phi) is 0.782. The third-order valence-electron chi connectivity index (χ3n) is 1.09. The molecule has 3 N–H and O–H groups in total. The van der Waals surface area contributed by atoms with Crippen LogP contribution in [0.25, 0.3) is 0 Å². The fourth-order valence-electron chi connectivity index (χ4n) is 0.678. The van der Waals surface area contributed by atoms with E-state index in [-0.39, 0.29) is 0 Å². The largest absolute Gasteiger partial charge is 0.299 e. The van der Waals surface area contributed by atoms with Crippen LogP contribution in [0, 0.1) is 0 Å². The average molecular weight is 123 g/mol. The van der Waals surface area contributed by atoms with E-state index in [1.807, 2.05) is 0 Å². The fourth-order valence-corrected chi connectivity index (χ4v) is 0.678. The Bertz CT molecular complexity index is 199. The van der Waals surface area contributed by atoms with E-state index in [1.54, 1.807) is 6.20 Å². The first-order valence-electron chi connectivity index (χ1n) is 2.54. The van der Waals surface area contributed by atoms with Gasteiger partial charge >= 0.3 is 0 Å². The molecule has 1 aromatic heterocycles. The van der Waals surface area contributed by atoms with Crippen LogP contribution >= 0.6 is 0 Å². The molecule has 1 aromatic rings. The minimum absolute atomic E-state index is 0.782. The van der Waals surface area contributed by atoms with Gasteiger partial charge in [0.05, 0.1) is 6.20 Å². The summed E-state index contributed by atoms with van der Waals surface area (Å²) in [6.07, 6.45) is 3.18. The number of rotatable bonds is 0. The lowest BCUT2D eigenvalue weighted by Crippen LogP contribution is -2.19. The second kappa shape index (κ2) is 1.56. The zero-order valence-corrected chi connectivity index (χ0v) is 4.55. The highest BCUT2D eigenvalue weighted by atomic mass is 15.6. The molecule has 0 atom stereocenters. The second-order valence-corrected chi connectivity index (χ2v) is 1.66. The first-order valence-corrected chi connectivity index (χ1v) is 2.54. The van der Waals surface area contributed by atoms with Crippen molar-refractivity contribution in [3.05, 3.63) is 12.5 Å². The van der Waals surface area contributed by atoms with Crippen LogP contribution in [0.4, 0.5) is 11.5 Å². The third kappa shape index (κ3) is 0.584. The molecule has 5 nitrogen and oxygen atoms in total. The lowest BCUT2D eigenvalue weighted by molar-refractivity contribution is 0.999. The van der Waals surface area contributed by atoms with Gasteiger partial charge in [0.1, 0.15) is 12.0 Å². The van der Waals surface area contributed by atoms with Crippen molar-refractivity contribution < 1.29 is 0 Å². The molecule has 0 bridgehead atoms. The number of hydrogen-bond acceptors (Lipinski definition) is 5. The van der Waals surface area contributed by atoms with Gasteiger partial charge < -0.3 is 0 Å². The highest BCUT2D eigenvalue weighted by Gasteiger charge is 2.06. The van der Waals surface area contributed by atoms with Crippen LogP contribution in [0.15, 0.2) is 12.5 Å². The van der Waals surface area contributed by atoms with E-state index in [2.05, 4.69) is 26.4 Å².